The quantitative estimate of drug-likeness (QED) is 0.428. The van der Waals surface area contributed by atoms with E-state index in [1.54, 1.807) is 18.3 Å². The van der Waals surface area contributed by atoms with Gasteiger partial charge in [0, 0.05) is 29.7 Å². The Bertz CT molecular complexity index is 650. The highest BCUT2D eigenvalue weighted by atomic mass is 79.9. The summed E-state index contributed by atoms with van der Waals surface area (Å²) in [5, 5.41) is 11.9. The van der Waals surface area contributed by atoms with Crippen molar-refractivity contribution in [1.29, 1.82) is 0 Å². The Morgan fingerprint density at radius 2 is 2.00 bits per heavy atom. The lowest BCUT2D eigenvalue weighted by Gasteiger charge is -2.07. The van der Waals surface area contributed by atoms with Crippen molar-refractivity contribution >= 4 is 44.8 Å². The van der Waals surface area contributed by atoms with Crippen molar-refractivity contribution in [3.05, 3.63) is 56.2 Å². The molecule has 0 aliphatic heterocycles. The SMILES string of the molecule is O=[N+]([O-])c1cc(Cl)c(Cl)cc1Oc1ccc(CBr)cn1. The molecule has 0 spiro atoms. The maximum Gasteiger partial charge on any atom is 0.313 e. The van der Waals surface area contributed by atoms with Gasteiger partial charge < -0.3 is 4.74 Å². The minimum absolute atomic E-state index is 0.0107. The molecule has 104 valence electrons. The van der Waals surface area contributed by atoms with Crippen molar-refractivity contribution in [1.82, 2.24) is 4.98 Å². The normalized spacial score (nSPS) is 10.3. The molecule has 1 aromatic carbocycles. The molecule has 8 heteroatoms. The second kappa shape index (κ2) is 6.39. The van der Waals surface area contributed by atoms with E-state index in [4.69, 9.17) is 27.9 Å². The van der Waals surface area contributed by atoms with Crippen LogP contribution in [-0.4, -0.2) is 9.91 Å². The minimum Gasteiger partial charge on any atom is -0.432 e. The van der Waals surface area contributed by atoms with E-state index in [1.165, 1.54) is 6.07 Å². The molecule has 0 radical (unpaired) electrons. The van der Waals surface area contributed by atoms with Crippen molar-refractivity contribution < 1.29 is 9.66 Å². The number of nitro benzene ring substituents is 1. The largest absolute Gasteiger partial charge is 0.432 e. The average Bonchev–Trinajstić information content (AvgIpc) is 2.43. The van der Waals surface area contributed by atoms with Crippen LogP contribution in [0.3, 0.4) is 0 Å². The number of rotatable bonds is 4. The summed E-state index contributed by atoms with van der Waals surface area (Å²) in [6, 6.07) is 5.84. The summed E-state index contributed by atoms with van der Waals surface area (Å²) in [4.78, 5) is 14.4. The highest BCUT2D eigenvalue weighted by Crippen LogP contribution is 2.37. The number of halogens is 3. The van der Waals surface area contributed by atoms with Crippen LogP contribution in [0.2, 0.25) is 10.0 Å². The standard InChI is InChI=1S/C12H7BrCl2N2O3/c13-5-7-1-2-12(16-6-7)20-11-4-9(15)8(14)3-10(11)17(18)19/h1-4,6H,5H2. The molecule has 0 aliphatic carbocycles. The summed E-state index contributed by atoms with van der Waals surface area (Å²) < 4.78 is 5.39. The Morgan fingerprint density at radius 3 is 2.55 bits per heavy atom. The molecule has 2 aromatic rings. The fraction of sp³-hybridized carbons (Fsp3) is 0.0833. The fourth-order valence-corrected chi connectivity index (χ4v) is 2.05. The molecule has 0 atom stereocenters. The van der Waals surface area contributed by atoms with Gasteiger partial charge in [-0.25, -0.2) is 4.98 Å². The summed E-state index contributed by atoms with van der Waals surface area (Å²) in [5.74, 6) is 0.222. The number of hydrogen-bond donors (Lipinski definition) is 0. The third-order valence-electron chi connectivity index (χ3n) is 2.36. The number of hydrogen-bond acceptors (Lipinski definition) is 4. The number of benzene rings is 1. The minimum atomic E-state index is -0.593. The van der Waals surface area contributed by atoms with E-state index in [1.807, 2.05) is 0 Å². The predicted molar refractivity (Wildman–Crippen MR) is 80.1 cm³/mol. The van der Waals surface area contributed by atoms with Gasteiger partial charge >= 0.3 is 5.69 Å². The molecule has 0 fully saturated rings. The van der Waals surface area contributed by atoms with Crippen molar-refractivity contribution in [2.24, 2.45) is 0 Å². The van der Waals surface area contributed by atoms with Crippen LogP contribution < -0.4 is 4.74 Å². The molecular formula is C12H7BrCl2N2O3. The number of nitro groups is 1. The van der Waals surface area contributed by atoms with Gasteiger partial charge in [0.1, 0.15) is 0 Å². The molecular weight excluding hydrogens is 371 g/mol. The third-order valence-corrected chi connectivity index (χ3v) is 3.73. The van der Waals surface area contributed by atoms with Crippen molar-refractivity contribution in [3.8, 4) is 11.6 Å². The molecule has 2 rings (SSSR count). The lowest BCUT2D eigenvalue weighted by atomic mass is 10.3. The van der Waals surface area contributed by atoms with Gasteiger partial charge in [0.25, 0.3) is 0 Å². The van der Waals surface area contributed by atoms with Crippen LogP contribution in [0, 0.1) is 10.1 Å². The zero-order valence-corrected chi connectivity index (χ0v) is 12.9. The zero-order valence-electron chi connectivity index (χ0n) is 9.85. The van der Waals surface area contributed by atoms with Gasteiger partial charge in [-0.15, -0.1) is 0 Å². The molecule has 5 nitrogen and oxygen atoms in total. The Balaban J connectivity index is 2.36. The molecule has 0 amide bonds. The van der Waals surface area contributed by atoms with Crippen LogP contribution in [0.5, 0.6) is 11.6 Å². The van der Waals surface area contributed by atoms with Crippen LogP contribution in [-0.2, 0) is 5.33 Å². The molecule has 20 heavy (non-hydrogen) atoms. The van der Waals surface area contributed by atoms with Crippen molar-refractivity contribution in [2.45, 2.75) is 5.33 Å². The Hall–Kier alpha value is -1.37. The van der Waals surface area contributed by atoms with Gasteiger partial charge in [-0.3, -0.25) is 10.1 Å². The smallest absolute Gasteiger partial charge is 0.313 e. The monoisotopic (exact) mass is 376 g/mol. The first kappa shape index (κ1) is 15.0. The molecule has 0 N–H and O–H groups in total. The van der Waals surface area contributed by atoms with Gasteiger partial charge in [0.15, 0.2) is 0 Å². The second-order valence-electron chi connectivity index (χ2n) is 3.73. The first-order chi connectivity index (χ1) is 9.51. The molecule has 1 aromatic heterocycles. The number of alkyl halides is 1. The predicted octanol–water partition coefficient (Wildman–Crippen LogP) is 4.98. The maximum atomic E-state index is 11.0. The Morgan fingerprint density at radius 1 is 1.30 bits per heavy atom. The van der Waals surface area contributed by atoms with Gasteiger partial charge in [-0.05, 0) is 5.56 Å². The van der Waals surface area contributed by atoms with E-state index in [0.29, 0.717) is 5.33 Å². The highest BCUT2D eigenvalue weighted by Gasteiger charge is 2.19. The molecule has 0 bridgehead atoms. The summed E-state index contributed by atoms with van der Waals surface area (Å²) in [6.07, 6.45) is 1.60. The van der Waals surface area contributed by atoms with Crippen LogP contribution in [0.25, 0.3) is 0 Å². The van der Waals surface area contributed by atoms with Gasteiger partial charge in [0.05, 0.1) is 15.0 Å². The summed E-state index contributed by atoms with van der Waals surface area (Å²) >= 11 is 14.9. The Labute approximate surface area is 132 Å². The van der Waals surface area contributed by atoms with Crippen LogP contribution in [0.15, 0.2) is 30.5 Å². The van der Waals surface area contributed by atoms with E-state index in [-0.39, 0.29) is 27.4 Å². The third kappa shape index (κ3) is 3.39. The van der Waals surface area contributed by atoms with Crippen molar-refractivity contribution in [3.63, 3.8) is 0 Å². The summed E-state index contributed by atoms with van der Waals surface area (Å²) in [7, 11) is 0. The molecule has 1 heterocycles. The van der Waals surface area contributed by atoms with Crippen LogP contribution in [0.1, 0.15) is 5.56 Å². The molecule has 0 saturated heterocycles. The topological polar surface area (TPSA) is 65.3 Å². The number of pyridine rings is 1. The van der Waals surface area contributed by atoms with Crippen LogP contribution >= 0.6 is 39.1 Å². The summed E-state index contributed by atoms with van der Waals surface area (Å²) in [5.41, 5.74) is 0.687. The number of ether oxygens (including phenoxy) is 1. The van der Waals surface area contributed by atoms with Crippen molar-refractivity contribution in [2.75, 3.05) is 0 Å². The summed E-state index contributed by atoms with van der Waals surface area (Å²) in [6.45, 7) is 0. The van der Waals surface area contributed by atoms with E-state index in [0.717, 1.165) is 11.6 Å². The number of nitrogens with zero attached hydrogens (tertiary/aromatic N) is 2. The first-order valence-electron chi connectivity index (χ1n) is 5.33. The average molecular weight is 378 g/mol. The first-order valence-corrected chi connectivity index (χ1v) is 7.21. The zero-order chi connectivity index (χ0) is 14.7. The Kier molecular flexibility index (Phi) is 4.80. The van der Waals surface area contributed by atoms with Gasteiger partial charge in [-0.1, -0.05) is 45.2 Å². The van der Waals surface area contributed by atoms with E-state index in [2.05, 4.69) is 20.9 Å². The highest BCUT2D eigenvalue weighted by molar-refractivity contribution is 9.08. The fourth-order valence-electron chi connectivity index (χ4n) is 1.41. The maximum absolute atomic E-state index is 11.0. The molecule has 0 aliphatic rings. The van der Waals surface area contributed by atoms with Gasteiger partial charge in [0.2, 0.25) is 11.6 Å². The second-order valence-corrected chi connectivity index (χ2v) is 5.11. The molecule has 0 unspecified atom stereocenters. The lowest BCUT2D eigenvalue weighted by Crippen LogP contribution is -1.95. The lowest BCUT2D eigenvalue weighted by molar-refractivity contribution is -0.385. The van der Waals surface area contributed by atoms with Gasteiger partial charge in [-0.2, -0.15) is 0 Å². The number of aromatic nitrogens is 1. The van der Waals surface area contributed by atoms with E-state index >= 15 is 0 Å². The molecule has 0 saturated carbocycles. The van der Waals surface area contributed by atoms with E-state index in [9.17, 15) is 10.1 Å². The van der Waals surface area contributed by atoms with E-state index < -0.39 is 4.92 Å². The van der Waals surface area contributed by atoms with Crippen LogP contribution in [0.4, 0.5) is 5.69 Å².